The van der Waals surface area contributed by atoms with Crippen LogP contribution in [0.4, 0.5) is 5.13 Å². The largest absolute Gasteiger partial charge is 0.495 e. The Labute approximate surface area is 166 Å². The fraction of sp³-hybridized carbons (Fsp3) is 0.300. The number of carbonyl (C=O) groups is 1. The Hall–Kier alpha value is -2.22. The van der Waals surface area contributed by atoms with E-state index in [1.54, 1.807) is 18.4 Å². The van der Waals surface area contributed by atoms with Crippen LogP contribution < -0.4 is 15.4 Å². The zero-order chi connectivity index (χ0) is 18.6. The van der Waals surface area contributed by atoms with Crippen molar-refractivity contribution in [2.75, 3.05) is 25.5 Å². The lowest BCUT2D eigenvalue weighted by Gasteiger charge is -2.20. The summed E-state index contributed by atoms with van der Waals surface area (Å²) in [7, 11) is 1.59. The quantitative estimate of drug-likeness (QED) is 0.658. The molecule has 0 unspecified atom stereocenters. The van der Waals surface area contributed by atoms with Gasteiger partial charge in [-0.15, -0.1) is 22.7 Å². The SMILES string of the molecule is COc1cc(-c2ccccc2)sc1C(=O)Nc1ncc(C2CCNCC2)s1. The van der Waals surface area contributed by atoms with Crippen LogP contribution in [0.3, 0.4) is 0 Å². The highest BCUT2D eigenvalue weighted by Gasteiger charge is 2.21. The zero-order valence-corrected chi connectivity index (χ0v) is 16.7. The van der Waals surface area contributed by atoms with Crippen LogP contribution in [-0.2, 0) is 0 Å². The number of hydrogen-bond donors (Lipinski definition) is 2. The van der Waals surface area contributed by atoms with Gasteiger partial charge in [0.15, 0.2) is 5.13 Å². The van der Waals surface area contributed by atoms with E-state index in [2.05, 4.69) is 15.6 Å². The third-order valence-corrected chi connectivity index (χ3v) is 6.91. The van der Waals surface area contributed by atoms with Crippen LogP contribution in [0, 0.1) is 0 Å². The van der Waals surface area contributed by atoms with Gasteiger partial charge < -0.3 is 10.1 Å². The molecule has 0 saturated carbocycles. The van der Waals surface area contributed by atoms with E-state index in [1.165, 1.54) is 16.2 Å². The monoisotopic (exact) mass is 399 g/mol. The van der Waals surface area contributed by atoms with Crippen LogP contribution in [0.25, 0.3) is 10.4 Å². The third kappa shape index (κ3) is 4.05. The number of ether oxygens (including phenoxy) is 1. The summed E-state index contributed by atoms with van der Waals surface area (Å²) in [5, 5.41) is 6.96. The second-order valence-corrected chi connectivity index (χ2v) is 8.53. The van der Waals surface area contributed by atoms with E-state index in [0.29, 0.717) is 21.7 Å². The first-order valence-corrected chi connectivity index (χ1v) is 10.6. The van der Waals surface area contributed by atoms with Crippen molar-refractivity contribution < 1.29 is 9.53 Å². The van der Waals surface area contributed by atoms with Crippen molar-refractivity contribution in [2.45, 2.75) is 18.8 Å². The summed E-state index contributed by atoms with van der Waals surface area (Å²) in [6, 6.07) is 11.9. The molecule has 2 aromatic heterocycles. The average Bonchev–Trinajstić information content (AvgIpc) is 3.36. The minimum absolute atomic E-state index is 0.176. The second kappa shape index (κ2) is 8.21. The normalized spacial score (nSPS) is 14.9. The molecule has 27 heavy (non-hydrogen) atoms. The maximum absolute atomic E-state index is 12.8. The number of aromatic nitrogens is 1. The molecule has 0 bridgehead atoms. The Balaban J connectivity index is 1.51. The number of piperidine rings is 1. The summed E-state index contributed by atoms with van der Waals surface area (Å²) in [6.45, 7) is 2.08. The highest BCUT2D eigenvalue weighted by molar-refractivity contribution is 7.18. The van der Waals surface area contributed by atoms with Gasteiger partial charge in [0.25, 0.3) is 5.91 Å². The first-order chi connectivity index (χ1) is 13.2. The molecule has 0 aliphatic carbocycles. The van der Waals surface area contributed by atoms with Crippen LogP contribution in [0.1, 0.15) is 33.3 Å². The molecule has 0 atom stereocenters. The van der Waals surface area contributed by atoms with Gasteiger partial charge in [-0.25, -0.2) is 4.98 Å². The van der Waals surface area contributed by atoms with Crippen molar-refractivity contribution in [3.05, 3.63) is 52.3 Å². The number of carbonyl (C=O) groups excluding carboxylic acids is 1. The van der Waals surface area contributed by atoms with E-state index in [-0.39, 0.29) is 5.91 Å². The maximum Gasteiger partial charge on any atom is 0.271 e. The number of benzene rings is 1. The number of thiophene rings is 1. The van der Waals surface area contributed by atoms with E-state index in [4.69, 9.17) is 4.74 Å². The number of thiazole rings is 1. The minimum atomic E-state index is -0.176. The molecule has 1 saturated heterocycles. The topological polar surface area (TPSA) is 63.2 Å². The number of amides is 1. The number of methoxy groups -OCH3 is 1. The Morgan fingerprint density at radius 1 is 1.22 bits per heavy atom. The van der Waals surface area contributed by atoms with Crippen LogP contribution in [0.5, 0.6) is 5.75 Å². The number of nitrogens with one attached hydrogen (secondary N) is 2. The first kappa shape index (κ1) is 18.2. The van der Waals surface area contributed by atoms with Gasteiger partial charge in [-0.1, -0.05) is 30.3 Å². The predicted molar refractivity (Wildman–Crippen MR) is 111 cm³/mol. The lowest BCUT2D eigenvalue weighted by Crippen LogP contribution is -2.26. The second-order valence-electron chi connectivity index (χ2n) is 6.42. The van der Waals surface area contributed by atoms with E-state index in [9.17, 15) is 4.79 Å². The summed E-state index contributed by atoms with van der Waals surface area (Å²) in [5.74, 6) is 0.951. The van der Waals surface area contributed by atoms with Gasteiger partial charge in [-0.2, -0.15) is 0 Å². The number of hydrogen-bond acceptors (Lipinski definition) is 6. The van der Waals surface area contributed by atoms with Crippen molar-refractivity contribution in [3.63, 3.8) is 0 Å². The Bertz CT molecular complexity index is 914. The van der Waals surface area contributed by atoms with Crippen LogP contribution >= 0.6 is 22.7 Å². The van der Waals surface area contributed by atoms with E-state index in [0.717, 1.165) is 36.4 Å². The molecule has 2 N–H and O–H groups in total. The molecule has 7 heteroatoms. The van der Waals surface area contributed by atoms with Crippen molar-refractivity contribution >= 4 is 33.7 Å². The van der Waals surface area contributed by atoms with E-state index in [1.807, 2.05) is 42.6 Å². The zero-order valence-electron chi connectivity index (χ0n) is 15.0. The number of nitrogens with zero attached hydrogens (tertiary/aromatic N) is 1. The van der Waals surface area contributed by atoms with Crippen LogP contribution in [0.2, 0.25) is 0 Å². The molecular formula is C20H21N3O2S2. The molecule has 140 valence electrons. The molecule has 1 aromatic carbocycles. The molecule has 0 spiro atoms. The summed E-state index contributed by atoms with van der Waals surface area (Å²) >= 11 is 3.00. The molecule has 0 radical (unpaired) electrons. The number of anilines is 1. The minimum Gasteiger partial charge on any atom is -0.495 e. The Kier molecular flexibility index (Phi) is 5.52. The van der Waals surface area contributed by atoms with Crippen LogP contribution in [-0.4, -0.2) is 31.1 Å². The molecule has 4 rings (SSSR count). The van der Waals surface area contributed by atoms with Crippen molar-refractivity contribution in [2.24, 2.45) is 0 Å². The summed E-state index contributed by atoms with van der Waals surface area (Å²) < 4.78 is 5.43. The molecule has 1 amide bonds. The maximum atomic E-state index is 12.8. The smallest absolute Gasteiger partial charge is 0.271 e. The number of rotatable bonds is 5. The van der Waals surface area contributed by atoms with Gasteiger partial charge in [0, 0.05) is 16.0 Å². The Morgan fingerprint density at radius 2 is 2.00 bits per heavy atom. The summed E-state index contributed by atoms with van der Waals surface area (Å²) in [6.07, 6.45) is 4.14. The molecule has 1 aliphatic rings. The van der Waals surface area contributed by atoms with Gasteiger partial charge in [-0.05, 0) is 43.5 Å². The molecule has 1 aliphatic heterocycles. The van der Waals surface area contributed by atoms with Crippen molar-refractivity contribution in [1.29, 1.82) is 0 Å². The third-order valence-electron chi connectivity index (χ3n) is 4.67. The summed E-state index contributed by atoms with van der Waals surface area (Å²) in [4.78, 5) is 20.0. The molecule has 3 aromatic rings. The van der Waals surface area contributed by atoms with Crippen molar-refractivity contribution in [3.8, 4) is 16.2 Å². The van der Waals surface area contributed by atoms with Crippen molar-refractivity contribution in [1.82, 2.24) is 10.3 Å². The highest BCUT2D eigenvalue weighted by Crippen LogP contribution is 2.37. The predicted octanol–water partition coefficient (Wildman–Crippen LogP) is 4.60. The fourth-order valence-electron chi connectivity index (χ4n) is 3.22. The molecule has 1 fully saturated rings. The van der Waals surface area contributed by atoms with Gasteiger partial charge in [0.1, 0.15) is 10.6 Å². The average molecular weight is 400 g/mol. The van der Waals surface area contributed by atoms with Gasteiger partial charge >= 0.3 is 0 Å². The van der Waals surface area contributed by atoms with Gasteiger partial charge in [0.05, 0.1) is 7.11 Å². The highest BCUT2D eigenvalue weighted by atomic mass is 32.1. The van der Waals surface area contributed by atoms with E-state index < -0.39 is 0 Å². The van der Waals surface area contributed by atoms with E-state index >= 15 is 0 Å². The fourth-order valence-corrected chi connectivity index (χ4v) is 5.23. The first-order valence-electron chi connectivity index (χ1n) is 8.95. The lowest BCUT2D eigenvalue weighted by molar-refractivity contribution is 0.102. The lowest BCUT2D eigenvalue weighted by atomic mass is 9.97. The standard InChI is InChI=1S/C20H21N3O2S2/c1-25-15-11-16(13-5-3-2-4-6-13)26-18(15)19(24)23-20-22-12-17(27-20)14-7-9-21-10-8-14/h2-6,11-12,14,21H,7-10H2,1H3,(H,22,23,24). The summed E-state index contributed by atoms with van der Waals surface area (Å²) in [5.41, 5.74) is 1.07. The molecular weight excluding hydrogens is 378 g/mol. The van der Waals surface area contributed by atoms with Crippen LogP contribution in [0.15, 0.2) is 42.6 Å². The molecule has 5 nitrogen and oxygen atoms in total. The van der Waals surface area contributed by atoms with Gasteiger partial charge in [-0.3, -0.25) is 10.1 Å². The van der Waals surface area contributed by atoms with Gasteiger partial charge in [0.2, 0.25) is 0 Å². The molecule has 3 heterocycles. The Morgan fingerprint density at radius 3 is 2.74 bits per heavy atom.